The molecule has 0 fully saturated rings. The van der Waals surface area contributed by atoms with Gasteiger partial charge in [0.1, 0.15) is 11.5 Å². The molecule has 5 rings (SSSR count). The van der Waals surface area contributed by atoms with E-state index in [1.165, 1.54) is 0 Å². The summed E-state index contributed by atoms with van der Waals surface area (Å²) < 4.78 is 11.7. The number of allylic oxidation sites excluding steroid dienone is 1. The summed E-state index contributed by atoms with van der Waals surface area (Å²) in [5, 5.41) is 11.6. The topological polar surface area (TPSA) is 76.2 Å². The summed E-state index contributed by atoms with van der Waals surface area (Å²) in [6.07, 6.45) is 4.68. The molecule has 28 heavy (non-hydrogen) atoms. The minimum Gasteiger partial charge on any atom is -0.496 e. The number of ketones is 1. The van der Waals surface area contributed by atoms with Crippen LogP contribution in [0.3, 0.4) is 0 Å². The van der Waals surface area contributed by atoms with Crippen LogP contribution in [0.2, 0.25) is 0 Å². The number of carbonyl (C=O) groups is 1. The summed E-state index contributed by atoms with van der Waals surface area (Å²) in [6.45, 7) is 1.67. The van der Waals surface area contributed by atoms with Crippen LogP contribution in [0.1, 0.15) is 28.0 Å². The predicted molar refractivity (Wildman–Crippen MR) is 107 cm³/mol. The first-order valence-corrected chi connectivity index (χ1v) is 9.24. The van der Waals surface area contributed by atoms with Crippen molar-refractivity contribution in [2.45, 2.75) is 6.42 Å². The lowest BCUT2D eigenvalue weighted by molar-refractivity contribution is 0.101. The molecule has 2 aromatic carbocycles. The zero-order valence-electron chi connectivity index (χ0n) is 15.4. The van der Waals surface area contributed by atoms with E-state index in [4.69, 9.17) is 9.47 Å². The van der Waals surface area contributed by atoms with E-state index in [1.807, 2.05) is 30.3 Å². The molecular weight excluding hydrogens is 354 g/mol. The number of hydrogen-bond acceptors (Lipinski definition) is 5. The number of aromatic amines is 1. The molecule has 0 spiro atoms. The molecule has 6 heteroatoms. The van der Waals surface area contributed by atoms with Gasteiger partial charge in [-0.3, -0.25) is 9.89 Å². The Bertz CT molecular complexity index is 1160. The number of nitrogens with zero attached hydrogens (tertiary/aromatic N) is 1. The van der Waals surface area contributed by atoms with E-state index in [0.29, 0.717) is 22.8 Å². The summed E-state index contributed by atoms with van der Waals surface area (Å²) in [6, 6.07) is 11.4. The summed E-state index contributed by atoms with van der Waals surface area (Å²) in [7, 11) is 1.64. The first kappa shape index (κ1) is 16.8. The van der Waals surface area contributed by atoms with Crippen molar-refractivity contribution in [2.75, 3.05) is 20.2 Å². The average molecular weight is 373 g/mol. The SMILES string of the molecule is COc1ccc2c(c1C1=CCNCC1)O/C(=C\c1n[nH]c3ccccc13)C2=O. The molecule has 0 saturated carbocycles. The van der Waals surface area contributed by atoms with Gasteiger partial charge in [0.2, 0.25) is 5.78 Å². The van der Waals surface area contributed by atoms with Crippen molar-refractivity contribution in [2.24, 2.45) is 0 Å². The van der Waals surface area contributed by atoms with Crippen LogP contribution < -0.4 is 14.8 Å². The second kappa shape index (κ2) is 6.65. The zero-order valence-corrected chi connectivity index (χ0v) is 15.4. The molecule has 0 amide bonds. The highest BCUT2D eigenvalue weighted by molar-refractivity contribution is 6.16. The number of ether oxygens (including phenoxy) is 2. The highest BCUT2D eigenvalue weighted by atomic mass is 16.5. The van der Waals surface area contributed by atoms with Gasteiger partial charge in [-0.25, -0.2) is 0 Å². The van der Waals surface area contributed by atoms with E-state index in [1.54, 1.807) is 19.3 Å². The number of rotatable bonds is 3. The maximum Gasteiger partial charge on any atom is 0.232 e. The molecular formula is C22H19N3O3. The van der Waals surface area contributed by atoms with E-state index in [-0.39, 0.29) is 11.5 Å². The zero-order chi connectivity index (χ0) is 19.1. The van der Waals surface area contributed by atoms with Crippen LogP contribution in [0, 0.1) is 0 Å². The number of fused-ring (bicyclic) bond motifs is 2. The minimum atomic E-state index is -0.138. The fourth-order valence-electron chi connectivity index (χ4n) is 3.78. The first-order chi connectivity index (χ1) is 13.8. The molecule has 2 N–H and O–H groups in total. The Hall–Kier alpha value is -3.38. The maximum absolute atomic E-state index is 13.0. The molecule has 0 saturated heterocycles. The molecule has 0 bridgehead atoms. The molecule has 0 unspecified atom stereocenters. The predicted octanol–water partition coefficient (Wildman–Crippen LogP) is 3.56. The molecule has 2 aliphatic heterocycles. The van der Waals surface area contributed by atoms with Gasteiger partial charge in [0.05, 0.1) is 29.4 Å². The minimum absolute atomic E-state index is 0.138. The van der Waals surface area contributed by atoms with Gasteiger partial charge in [0, 0.05) is 18.0 Å². The Morgan fingerprint density at radius 1 is 1.21 bits per heavy atom. The second-order valence-corrected chi connectivity index (χ2v) is 6.80. The normalized spacial score (nSPS) is 17.5. The van der Waals surface area contributed by atoms with Crippen molar-refractivity contribution < 1.29 is 14.3 Å². The molecule has 1 aromatic heterocycles. The van der Waals surface area contributed by atoms with Crippen LogP contribution in [-0.4, -0.2) is 36.2 Å². The van der Waals surface area contributed by atoms with Gasteiger partial charge in [-0.05, 0) is 36.7 Å². The molecule has 3 heterocycles. The lowest BCUT2D eigenvalue weighted by Gasteiger charge is -2.18. The second-order valence-electron chi connectivity index (χ2n) is 6.80. The van der Waals surface area contributed by atoms with Gasteiger partial charge in [0.15, 0.2) is 5.76 Å². The monoisotopic (exact) mass is 373 g/mol. The van der Waals surface area contributed by atoms with Crippen LogP contribution in [-0.2, 0) is 0 Å². The number of aromatic nitrogens is 2. The van der Waals surface area contributed by atoms with Gasteiger partial charge in [-0.15, -0.1) is 0 Å². The highest BCUT2D eigenvalue weighted by Crippen LogP contribution is 2.44. The fraction of sp³-hybridized carbons (Fsp3) is 0.182. The van der Waals surface area contributed by atoms with Crippen molar-refractivity contribution in [3.63, 3.8) is 0 Å². The van der Waals surface area contributed by atoms with Gasteiger partial charge >= 0.3 is 0 Å². The number of methoxy groups -OCH3 is 1. The quantitative estimate of drug-likeness (QED) is 0.687. The fourth-order valence-corrected chi connectivity index (χ4v) is 3.78. The standard InChI is InChI=1S/C22H19N3O3/c1-27-18-7-6-15-21(26)19(12-17-14-4-2-3-5-16(14)24-25-17)28-22(15)20(18)13-8-10-23-11-9-13/h2-8,12,23H,9-11H2,1H3,(H,24,25)/b19-12-. The Kier molecular flexibility index (Phi) is 3.98. The van der Waals surface area contributed by atoms with Crippen molar-refractivity contribution in [3.8, 4) is 11.5 Å². The number of Topliss-reactive ketones (excluding diaryl/α,β-unsaturated/α-hetero) is 1. The summed E-state index contributed by atoms with van der Waals surface area (Å²) in [4.78, 5) is 13.0. The number of benzene rings is 2. The van der Waals surface area contributed by atoms with E-state index < -0.39 is 0 Å². The molecule has 3 aromatic rings. The van der Waals surface area contributed by atoms with Crippen LogP contribution in [0.25, 0.3) is 22.6 Å². The number of carbonyl (C=O) groups excluding carboxylic acids is 1. The van der Waals surface area contributed by atoms with Crippen molar-refractivity contribution in [1.29, 1.82) is 0 Å². The van der Waals surface area contributed by atoms with Crippen LogP contribution in [0.5, 0.6) is 11.5 Å². The van der Waals surface area contributed by atoms with E-state index in [0.717, 1.165) is 41.5 Å². The van der Waals surface area contributed by atoms with E-state index in [2.05, 4.69) is 21.6 Å². The molecule has 140 valence electrons. The van der Waals surface area contributed by atoms with Crippen molar-refractivity contribution >= 4 is 28.3 Å². The highest BCUT2D eigenvalue weighted by Gasteiger charge is 2.33. The molecule has 0 atom stereocenters. The lowest BCUT2D eigenvalue weighted by Crippen LogP contribution is -2.20. The maximum atomic E-state index is 13.0. The Morgan fingerprint density at radius 3 is 2.93 bits per heavy atom. The smallest absolute Gasteiger partial charge is 0.232 e. The number of nitrogens with one attached hydrogen (secondary N) is 2. The van der Waals surface area contributed by atoms with Crippen LogP contribution in [0.4, 0.5) is 0 Å². The Morgan fingerprint density at radius 2 is 2.11 bits per heavy atom. The average Bonchev–Trinajstić information content (AvgIpc) is 3.29. The van der Waals surface area contributed by atoms with Gasteiger partial charge in [-0.2, -0.15) is 5.10 Å². The molecule has 0 radical (unpaired) electrons. The number of hydrogen-bond donors (Lipinski definition) is 2. The summed E-state index contributed by atoms with van der Waals surface area (Å²) >= 11 is 0. The van der Waals surface area contributed by atoms with Gasteiger partial charge in [0.25, 0.3) is 0 Å². The Labute approximate surface area is 161 Å². The van der Waals surface area contributed by atoms with Gasteiger partial charge < -0.3 is 14.8 Å². The van der Waals surface area contributed by atoms with E-state index in [9.17, 15) is 4.79 Å². The van der Waals surface area contributed by atoms with Crippen LogP contribution in [0.15, 0.2) is 48.2 Å². The lowest BCUT2D eigenvalue weighted by atomic mass is 9.95. The number of para-hydroxylation sites is 1. The third-order valence-electron chi connectivity index (χ3n) is 5.17. The third-order valence-corrected chi connectivity index (χ3v) is 5.17. The summed E-state index contributed by atoms with van der Waals surface area (Å²) in [5.41, 5.74) is 4.15. The van der Waals surface area contributed by atoms with Crippen LogP contribution >= 0.6 is 0 Å². The van der Waals surface area contributed by atoms with Crippen molar-refractivity contribution in [3.05, 3.63) is 65.1 Å². The van der Waals surface area contributed by atoms with Gasteiger partial charge in [-0.1, -0.05) is 24.3 Å². The van der Waals surface area contributed by atoms with E-state index >= 15 is 0 Å². The largest absolute Gasteiger partial charge is 0.496 e. The molecule has 6 nitrogen and oxygen atoms in total. The third kappa shape index (κ3) is 2.61. The summed E-state index contributed by atoms with van der Waals surface area (Å²) in [5.74, 6) is 1.42. The Balaban J connectivity index is 1.61. The van der Waals surface area contributed by atoms with Crippen molar-refractivity contribution in [1.82, 2.24) is 15.5 Å². The molecule has 0 aliphatic carbocycles. The molecule has 2 aliphatic rings. The first-order valence-electron chi connectivity index (χ1n) is 9.24. The number of H-pyrrole nitrogens is 1.